The highest BCUT2D eigenvalue weighted by Gasteiger charge is 2.23. The van der Waals surface area contributed by atoms with Gasteiger partial charge in [0.05, 0.1) is 4.88 Å². The Bertz CT molecular complexity index is 799. The molecule has 5 nitrogen and oxygen atoms in total. The lowest BCUT2D eigenvalue weighted by Gasteiger charge is -2.22. The van der Waals surface area contributed by atoms with Gasteiger partial charge >= 0.3 is 0 Å². The molecule has 2 amide bonds. The average Bonchev–Trinajstić information content (AvgIpc) is 3.10. The van der Waals surface area contributed by atoms with Gasteiger partial charge in [0.2, 0.25) is 5.91 Å². The lowest BCUT2D eigenvalue weighted by molar-refractivity contribution is -0.131. The first-order chi connectivity index (χ1) is 13.0. The van der Waals surface area contributed by atoms with Crippen LogP contribution in [0, 0.1) is 6.92 Å². The van der Waals surface area contributed by atoms with Gasteiger partial charge in [0.25, 0.3) is 5.91 Å². The number of aryl methyl sites for hydroxylation is 1. The van der Waals surface area contributed by atoms with Gasteiger partial charge in [-0.1, -0.05) is 35.9 Å². The van der Waals surface area contributed by atoms with Crippen molar-refractivity contribution in [2.45, 2.75) is 26.2 Å². The van der Waals surface area contributed by atoms with Gasteiger partial charge in [0, 0.05) is 44.6 Å². The van der Waals surface area contributed by atoms with Gasteiger partial charge in [0.15, 0.2) is 5.78 Å². The number of rotatable bonds is 5. The number of ketones is 1. The minimum Gasteiger partial charge on any atom is -0.341 e. The molecule has 0 aliphatic carbocycles. The monoisotopic (exact) mass is 384 g/mol. The van der Waals surface area contributed by atoms with E-state index in [4.69, 9.17) is 0 Å². The second kappa shape index (κ2) is 8.95. The minimum absolute atomic E-state index is 0.00679. The molecule has 0 bridgehead atoms. The molecule has 2 heterocycles. The number of carbonyl (C=O) groups excluding carboxylic acids is 3. The van der Waals surface area contributed by atoms with Crippen LogP contribution in [0.15, 0.2) is 41.8 Å². The summed E-state index contributed by atoms with van der Waals surface area (Å²) in [5, 5.41) is 1.89. The highest BCUT2D eigenvalue weighted by molar-refractivity contribution is 7.12. The topological polar surface area (TPSA) is 57.7 Å². The van der Waals surface area contributed by atoms with E-state index >= 15 is 0 Å². The summed E-state index contributed by atoms with van der Waals surface area (Å²) < 4.78 is 0. The molecular weight excluding hydrogens is 360 g/mol. The zero-order valence-corrected chi connectivity index (χ0v) is 16.3. The second-order valence-corrected chi connectivity index (χ2v) is 7.74. The fraction of sp³-hybridized carbons (Fsp3) is 0.381. The third-order valence-corrected chi connectivity index (χ3v) is 5.67. The molecule has 2 aromatic rings. The number of thiophene rings is 1. The SMILES string of the molecule is Cc1ccc(C(=O)CCC(=O)N2CCCN(C(=O)c3cccs3)CC2)cc1. The third kappa shape index (κ3) is 5.04. The highest BCUT2D eigenvalue weighted by atomic mass is 32.1. The van der Waals surface area contributed by atoms with E-state index in [1.54, 1.807) is 4.90 Å². The molecule has 0 unspecified atom stereocenters. The molecule has 3 rings (SSSR count). The van der Waals surface area contributed by atoms with Gasteiger partial charge in [-0.15, -0.1) is 11.3 Å². The van der Waals surface area contributed by atoms with Gasteiger partial charge in [-0.2, -0.15) is 0 Å². The van der Waals surface area contributed by atoms with Crippen molar-refractivity contribution < 1.29 is 14.4 Å². The number of Topliss-reactive ketones (excluding diaryl/α,β-unsaturated/α-hetero) is 1. The fourth-order valence-corrected chi connectivity index (χ4v) is 3.88. The number of hydrogen-bond donors (Lipinski definition) is 0. The van der Waals surface area contributed by atoms with Gasteiger partial charge in [-0.25, -0.2) is 0 Å². The number of benzene rings is 1. The summed E-state index contributed by atoms with van der Waals surface area (Å²) in [5.74, 6) is 0.0161. The molecule has 1 saturated heterocycles. The maximum atomic E-state index is 12.5. The van der Waals surface area contributed by atoms with E-state index in [9.17, 15) is 14.4 Å². The van der Waals surface area contributed by atoms with Gasteiger partial charge in [-0.05, 0) is 24.8 Å². The Labute approximate surface area is 163 Å². The Morgan fingerprint density at radius 1 is 0.926 bits per heavy atom. The van der Waals surface area contributed by atoms with Crippen LogP contribution in [-0.4, -0.2) is 53.6 Å². The van der Waals surface area contributed by atoms with E-state index in [2.05, 4.69) is 0 Å². The fourth-order valence-electron chi connectivity index (χ4n) is 3.19. The van der Waals surface area contributed by atoms with Crippen LogP contribution >= 0.6 is 11.3 Å². The number of amides is 2. The summed E-state index contributed by atoms with van der Waals surface area (Å²) in [6.45, 7) is 4.32. The maximum Gasteiger partial charge on any atom is 0.263 e. The molecule has 0 saturated carbocycles. The first-order valence-corrected chi connectivity index (χ1v) is 10.1. The third-order valence-electron chi connectivity index (χ3n) is 4.81. The Morgan fingerprint density at radius 2 is 1.63 bits per heavy atom. The lowest BCUT2D eigenvalue weighted by Crippen LogP contribution is -2.37. The summed E-state index contributed by atoms with van der Waals surface area (Å²) in [6.07, 6.45) is 1.19. The molecule has 1 aliphatic rings. The Morgan fingerprint density at radius 3 is 2.33 bits per heavy atom. The minimum atomic E-state index is -0.0131. The molecule has 1 aliphatic heterocycles. The summed E-state index contributed by atoms with van der Waals surface area (Å²) >= 11 is 1.44. The van der Waals surface area contributed by atoms with E-state index in [0.717, 1.165) is 16.9 Å². The highest BCUT2D eigenvalue weighted by Crippen LogP contribution is 2.15. The molecule has 1 aromatic carbocycles. The molecule has 0 N–H and O–H groups in total. The Balaban J connectivity index is 1.50. The van der Waals surface area contributed by atoms with Crippen molar-refractivity contribution in [1.29, 1.82) is 0 Å². The molecule has 0 spiro atoms. The zero-order chi connectivity index (χ0) is 19.2. The van der Waals surface area contributed by atoms with Crippen molar-refractivity contribution in [2.24, 2.45) is 0 Å². The van der Waals surface area contributed by atoms with Crippen LogP contribution in [0.3, 0.4) is 0 Å². The molecule has 0 radical (unpaired) electrons. The lowest BCUT2D eigenvalue weighted by atomic mass is 10.0. The van der Waals surface area contributed by atoms with Crippen molar-refractivity contribution in [3.05, 3.63) is 57.8 Å². The molecule has 0 atom stereocenters. The Hall–Kier alpha value is -2.47. The van der Waals surface area contributed by atoms with E-state index in [1.807, 2.05) is 53.6 Å². The van der Waals surface area contributed by atoms with Crippen LogP contribution in [0.1, 0.15) is 44.9 Å². The van der Waals surface area contributed by atoms with Crippen LogP contribution in [0.5, 0.6) is 0 Å². The normalized spacial score (nSPS) is 14.7. The summed E-state index contributed by atoms with van der Waals surface area (Å²) in [6, 6.07) is 11.1. The van der Waals surface area contributed by atoms with E-state index < -0.39 is 0 Å². The predicted octanol–water partition coefficient (Wildman–Crippen LogP) is 3.39. The van der Waals surface area contributed by atoms with Crippen LogP contribution < -0.4 is 0 Å². The number of hydrogen-bond acceptors (Lipinski definition) is 4. The second-order valence-electron chi connectivity index (χ2n) is 6.79. The van der Waals surface area contributed by atoms with E-state index in [0.29, 0.717) is 31.7 Å². The largest absolute Gasteiger partial charge is 0.341 e. The molecule has 1 fully saturated rings. The summed E-state index contributed by atoms with van der Waals surface area (Å²) in [4.78, 5) is 41.6. The van der Waals surface area contributed by atoms with Crippen LogP contribution in [0.2, 0.25) is 0 Å². The molecule has 1 aromatic heterocycles. The first kappa shape index (κ1) is 19.3. The van der Waals surface area contributed by atoms with Crippen molar-refractivity contribution >= 4 is 28.9 Å². The van der Waals surface area contributed by atoms with Crippen molar-refractivity contribution in [3.63, 3.8) is 0 Å². The van der Waals surface area contributed by atoms with Crippen molar-refractivity contribution in [1.82, 2.24) is 9.80 Å². The maximum absolute atomic E-state index is 12.5. The smallest absolute Gasteiger partial charge is 0.263 e. The molecule has 142 valence electrons. The molecule has 6 heteroatoms. The standard InChI is InChI=1S/C21H24N2O3S/c1-16-5-7-17(8-6-16)18(24)9-10-20(25)22-11-3-12-23(14-13-22)21(26)19-4-2-15-27-19/h2,4-8,15H,3,9-14H2,1H3. The van der Waals surface area contributed by atoms with E-state index in [-0.39, 0.29) is 30.4 Å². The summed E-state index contributed by atoms with van der Waals surface area (Å²) in [7, 11) is 0. The number of nitrogens with zero attached hydrogens (tertiary/aromatic N) is 2. The zero-order valence-electron chi connectivity index (χ0n) is 15.5. The van der Waals surface area contributed by atoms with Gasteiger partial charge in [0.1, 0.15) is 0 Å². The van der Waals surface area contributed by atoms with Crippen LogP contribution in [0.25, 0.3) is 0 Å². The van der Waals surface area contributed by atoms with Crippen molar-refractivity contribution in [2.75, 3.05) is 26.2 Å². The number of carbonyl (C=O) groups is 3. The van der Waals surface area contributed by atoms with Crippen molar-refractivity contribution in [3.8, 4) is 0 Å². The van der Waals surface area contributed by atoms with Gasteiger partial charge < -0.3 is 9.80 Å². The average molecular weight is 385 g/mol. The van der Waals surface area contributed by atoms with Gasteiger partial charge in [-0.3, -0.25) is 14.4 Å². The molecule has 27 heavy (non-hydrogen) atoms. The van der Waals surface area contributed by atoms with Crippen LogP contribution in [-0.2, 0) is 4.79 Å². The van der Waals surface area contributed by atoms with Crippen LogP contribution in [0.4, 0.5) is 0 Å². The summed E-state index contributed by atoms with van der Waals surface area (Å²) in [5.41, 5.74) is 1.76. The molecular formula is C21H24N2O3S. The van der Waals surface area contributed by atoms with E-state index in [1.165, 1.54) is 11.3 Å². The quantitative estimate of drug-likeness (QED) is 0.743. The predicted molar refractivity (Wildman–Crippen MR) is 106 cm³/mol. The Kier molecular flexibility index (Phi) is 6.40. The first-order valence-electron chi connectivity index (χ1n) is 9.25.